The number of carbonyl (C=O) groups is 1. The second kappa shape index (κ2) is 5.17. The summed E-state index contributed by atoms with van der Waals surface area (Å²) in [5, 5.41) is 8.78. The molecule has 0 radical (unpaired) electrons. The molecule has 0 unspecified atom stereocenters. The number of pyridine rings is 1. The number of carboxylic acid groups (broad SMARTS) is 1. The molecule has 5 nitrogen and oxygen atoms in total. The molecule has 0 amide bonds. The molecule has 2 heterocycles. The summed E-state index contributed by atoms with van der Waals surface area (Å²) in [6.07, 6.45) is -1.36. The van der Waals surface area contributed by atoms with Crippen LogP contribution in [0.3, 0.4) is 0 Å². The first kappa shape index (κ1) is 14.2. The Kier molecular flexibility index (Phi) is 4.07. The third-order valence-corrected chi connectivity index (χ3v) is 1.92. The van der Waals surface area contributed by atoms with E-state index in [1.165, 1.54) is 0 Å². The molecule has 0 bridgehead atoms. The Morgan fingerprint density at radius 3 is 2.61 bits per heavy atom. The van der Waals surface area contributed by atoms with E-state index in [0.717, 1.165) is 11.1 Å². The SMILES string of the molecule is C[n+]1ccc2oc(=S)[nH]c2c1.O=C([O-])C(F)(F)F. The Morgan fingerprint density at radius 1 is 1.56 bits per heavy atom. The van der Waals surface area contributed by atoms with Gasteiger partial charge in [-0.15, -0.1) is 0 Å². The number of alkyl halides is 3. The Labute approximate surface area is 103 Å². The lowest BCUT2D eigenvalue weighted by atomic mass is 10.4. The summed E-state index contributed by atoms with van der Waals surface area (Å²) in [6, 6.07) is 1.88. The average Bonchev–Trinajstić information content (AvgIpc) is 2.56. The molecular formula is C9H7F3N2O3S. The van der Waals surface area contributed by atoms with Crippen LogP contribution >= 0.6 is 12.2 Å². The number of aromatic nitrogens is 2. The lowest BCUT2D eigenvalue weighted by molar-refractivity contribution is -0.670. The van der Waals surface area contributed by atoms with E-state index in [2.05, 4.69) is 4.98 Å². The van der Waals surface area contributed by atoms with Gasteiger partial charge in [-0.25, -0.2) is 4.57 Å². The summed E-state index contributed by atoms with van der Waals surface area (Å²) in [4.78, 5) is 12.1. The van der Waals surface area contributed by atoms with Gasteiger partial charge in [-0.05, 0) is 12.2 Å². The molecule has 9 heteroatoms. The van der Waals surface area contributed by atoms with Crippen LogP contribution in [-0.2, 0) is 11.8 Å². The maximum absolute atomic E-state index is 10.5. The van der Waals surface area contributed by atoms with Gasteiger partial charge in [0, 0.05) is 6.07 Å². The van der Waals surface area contributed by atoms with E-state index in [9.17, 15) is 13.2 Å². The average molecular weight is 280 g/mol. The van der Waals surface area contributed by atoms with Crippen molar-refractivity contribution in [2.75, 3.05) is 0 Å². The summed E-state index contributed by atoms with van der Waals surface area (Å²) < 4.78 is 38.7. The lowest BCUT2D eigenvalue weighted by Crippen LogP contribution is -2.37. The number of aliphatic carboxylic acids is 1. The fraction of sp³-hybridized carbons (Fsp3) is 0.222. The van der Waals surface area contributed by atoms with Crippen molar-refractivity contribution in [2.45, 2.75) is 6.18 Å². The maximum Gasteiger partial charge on any atom is 0.430 e. The van der Waals surface area contributed by atoms with Gasteiger partial charge >= 0.3 is 6.18 Å². The highest BCUT2D eigenvalue weighted by Gasteiger charge is 2.28. The zero-order valence-corrected chi connectivity index (χ0v) is 9.76. The van der Waals surface area contributed by atoms with Gasteiger partial charge in [0.25, 0.3) is 4.84 Å². The van der Waals surface area contributed by atoms with Crippen LogP contribution in [-0.4, -0.2) is 17.1 Å². The maximum atomic E-state index is 10.5. The molecule has 2 aromatic rings. The Hall–Kier alpha value is -1.90. The third-order valence-electron chi connectivity index (χ3n) is 1.73. The van der Waals surface area contributed by atoms with Crippen molar-refractivity contribution in [1.29, 1.82) is 0 Å². The normalized spacial score (nSPS) is 10.9. The predicted octanol–water partition coefficient (Wildman–Crippen LogP) is 0.613. The quantitative estimate of drug-likeness (QED) is 0.567. The van der Waals surface area contributed by atoms with E-state index >= 15 is 0 Å². The number of hydrogen-bond donors (Lipinski definition) is 1. The van der Waals surface area contributed by atoms with Crippen LogP contribution in [0.2, 0.25) is 0 Å². The highest BCUT2D eigenvalue weighted by Crippen LogP contribution is 2.11. The van der Waals surface area contributed by atoms with Gasteiger partial charge < -0.3 is 19.3 Å². The van der Waals surface area contributed by atoms with Gasteiger partial charge in [0.2, 0.25) is 0 Å². The van der Waals surface area contributed by atoms with Crippen LogP contribution in [0.5, 0.6) is 0 Å². The zero-order valence-electron chi connectivity index (χ0n) is 8.95. The fourth-order valence-electron chi connectivity index (χ4n) is 1.00. The summed E-state index contributed by atoms with van der Waals surface area (Å²) >= 11 is 4.82. The van der Waals surface area contributed by atoms with Crippen LogP contribution in [0.1, 0.15) is 0 Å². The zero-order chi connectivity index (χ0) is 13.9. The first-order valence-electron chi connectivity index (χ1n) is 4.46. The van der Waals surface area contributed by atoms with Crippen molar-refractivity contribution in [1.82, 2.24) is 4.98 Å². The summed E-state index contributed by atoms with van der Waals surface area (Å²) in [6.45, 7) is 0. The van der Waals surface area contributed by atoms with Crippen molar-refractivity contribution in [3.8, 4) is 0 Å². The smallest absolute Gasteiger partial charge is 0.430 e. The number of hydrogen-bond acceptors (Lipinski definition) is 4. The second-order valence-electron chi connectivity index (χ2n) is 3.19. The number of carboxylic acids is 1. The minimum absolute atomic E-state index is 0.422. The number of halogens is 3. The van der Waals surface area contributed by atoms with E-state index in [-0.39, 0.29) is 0 Å². The number of fused-ring (bicyclic) bond motifs is 1. The molecule has 18 heavy (non-hydrogen) atoms. The van der Waals surface area contributed by atoms with Crippen LogP contribution in [0.15, 0.2) is 22.9 Å². The molecule has 0 aliphatic carbocycles. The van der Waals surface area contributed by atoms with Gasteiger partial charge in [0.15, 0.2) is 18.0 Å². The molecule has 0 fully saturated rings. The van der Waals surface area contributed by atoms with E-state index in [0.29, 0.717) is 4.84 Å². The van der Waals surface area contributed by atoms with Crippen molar-refractivity contribution in [3.05, 3.63) is 23.3 Å². The van der Waals surface area contributed by atoms with Gasteiger partial charge in [0.1, 0.15) is 18.5 Å². The Balaban J connectivity index is 0.000000203. The Bertz CT molecular complexity index is 617. The summed E-state index contributed by atoms with van der Waals surface area (Å²) in [7, 11) is 1.95. The van der Waals surface area contributed by atoms with Crippen LogP contribution in [0.25, 0.3) is 11.1 Å². The number of rotatable bonds is 0. The number of aromatic amines is 1. The van der Waals surface area contributed by atoms with Crippen molar-refractivity contribution < 1.29 is 32.1 Å². The molecule has 0 atom stereocenters. The van der Waals surface area contributed by atoms with Gasteiger partial charge in [-0.2, -0.15) is 13.2 Å². The third kappa shape index (κ3) is 3.84. The fourth-order valence-corrected chi connectivity index (χ4v) is 1.20. The van der Waals surface area contributed by atoms with Crippen LogP contribution in [0.4, 0.5) is 13.2 Å². The molecule has 98 valence electrons. The van der Waals surface area contributed by atoms with Crippen molar-refractivity contribution in [2.24, 2.45) is 7.05 Å². The number of nitrogens with one attached hydrogen (secondary N) is 1. The molecule has 1 N–H and O–H groups in total. The topological polar surface area (TPSA) is 72.9 Å². The molecule has 0 spiro atoms. The lowest BCUT2D eigenvalue weighted by Gasteiger charge is -2.03. The van der Waals surface area contributed by atoms with E-state index < -0.39 is 12.1 Å². The van der Waals surface area contributed by atoms with Crippen LogP contribution < -0.4 is 9.67 Å². The molecule has 0 aromatic carbocycles. The minimum atomic E-state index is -5.19. The molecule has 2 rings (SSSR count). The minimum Gasteiger partial charge on any atom is -0.542 e. The second-order valence-corrected chi connectivity index (χ2v) is 3.56. The summed E-state index contributed by atoms with van der Waals surface area (Å²) in [5.74, 6) is -3.01. The van der Waals surface area contributed by atoms with Gasteiger partial charge in [-0.1, -0.05) is 0 Å². The standard InChI is InChI=1S/C7H6N2OS.C2HF3O2/c1-9-3-2-6-5(4-9)8-7(11)10-6;3-2(4,5)1(6)7/h2-4H,1H3;(H,6,7). The number of oxazole rings is 1. The molecular weight excluding hydrogens is 273 g/mol. The Morgan fingerprint density at radius 2 is 2.11 bits per heavy atom. The van der Waals surface area contributed by atoms with Gasteiger partial charge in [0.05, 0.1) is 0 Å². The molecule has 0 saturated carbocycles. The number of carbonyl (C=O) groups excluding carboxylic acids is 1. The highest BCUT2D eigenvalue weighted by atomic mass is 32.1. The van der Waals surface area contributed by atoms with Gasteiger partial charge in [-0.3, -0.25) is 0 Å². The molecule has 2 aromatic heterocycles. The first-order chi connectivity index (χ1) is 8.20. The van der Waals surface area contributed by atoms with Crippen LogP contribution in [0, 0.1) is 4.84 Å². The van der Waals surface area contributed by atoms with E-state index in [1.807, 2.05) is 30.1 Å². The highest BCUT2D eigenvalue weighted by molar-refractivity contribution is 7.71. The van der Waals surface area contributed by atoms with E-state index in [4.69, 9.17) is 26.5 Å². The predicted molar refractivity (Wildman–Crippen MR) is 53.6 cm³/mol. The van der Waals surface area contributed by atoms with Crippen molar-refractivity contribution in [3.63, 3.8) is 0 Å². The molecule has 0 saturated heterocycles. The first-order valence-corrected chi connectivity index (χ1v) is 4.87. The van der Waals surface area contributed by atoms with E-state index in [1.54, 1.807) is 0 Å². The summed E-state index contributed by atoms with van der Waals surface area (Å²) in [5.41, 5.74) is 1.73. The largest absolute Gasteiger partial charge is 0.542 e. The molecule has 0 aliphatic rings. The van der Waals surface area contributed by atoms with Crippen molar-refractivity contribution >= 4 is 29.3 Å². The number of H-pyrrole nitrogens is 1. The molecule has 0 aliphatic heterocycles. The number of nitrogens with zero attached hydrogens (tertiary/aromatic N) is 1. The number of aryl methyl sites for hydroxylation is 1. The monoisotopic (exact) mass is 280 g/mol.